The lowest BCUT2D eigenvalue weighted by Gasteiger charge is -2.32. The van der Waals surface area contributed by atoms with Gasteiger partial charge in [0.05, 0.1) is 30.5 Å². The summed E-state index contributed by atoms with van der Waals surface area (Å²) in [5, 5.41) is 0. The van der Waals surface area contributed by atoms with E-state index in [9.17, 15) is 14.4 Å². The number of hydrogen-bond donors (Lipinski definition) is 0. The molecule has 2 fully saturated rings. The SMILES string of the molecule is CCOC(=O)C1CCN(C(=O)CCN(C[C@@H]2CCCO2)C(=O)c2ccoc2C)CC1. The van der Waals surface area contributed by atoms with E-state index in [1.54, 1.807) is 29.7 Å². The number of nitrogens with zero attached hydrogens (tertiary/aromatic N) is 2. The van der Waals surface area contributed by atoms with Crippen LogP contribution in [0.15, 0.2) is 16.7 Å². The fraction of sp³-hybridized carbons (Fsp3) is 0.682. The van der Waals surface area contributed by atoms with Gasteiger partial charge in [-0.05, 0) is 45.6 Å². The van der Waals surface area contributed by atoms with E-state index in [0.717, 1.165) is 12.8 Å². The van der Waals surface area contributed by atoms with E-state index in [0.29, 0.717) is 63.6 Å². The summed E-state index contributed by atoms with van der Waals surface area (Å²) in [6.45, 7) is 6.54. The Kier molecular flexibility index (Phi) is 7.90. The summed E-state index contributed by atoms with van der Waals surface area (Å²) in [4.78, 5) is 41.1. The van der Waals surface area contributed by atoms with Gasteiger partial charge in [0.1, 0.15) is 5.76 Å². The Balaban J connectivity index is 1.54. The van der Waals surface area contributed by atoms with Crippen molar-refractivity contribution < 1.29 is 28.3 Å². The van der Waals surface area contributed by atoms with Gasteiger partial charge < -0.3 is 23.7 Å². The number of aryl methyl sites for hydroxylation is 1. The van der Waals surface area contributed by atoms with Gasteiger partial charge in [0.25, 0.3) is 5.91 Å². The van der Waals surface area contributed by atoms with E-state index in [2.05, 4.69) is 0 Å². The van der Waals surface area contributed by atoms with Crippen molar-refractivity contribution in [1.82, 2.24) is 9.80 Å². The highest BCUT2D eigenvalue weighted by molar-refractivity contribution is 5.95. The van der Waals surface area contributed by atoms with Gasteiger partial charge in [-0.2, -0.15) is 0 Å². The first-order valence-corrected chi connectivity index (χ1v) is 10.9. The molecule has 0 aliphatic carbocycles. The number of furan rings is 1. The smallest absolute Gasteiger partial charge is 0.309 e. The van der Waals surface area contributed by atoms with Crippen LogP contribution in [0.1, 0.15) is 55.1 Å². The van der Waals surface area contributed by atoms with Crippen molar-refractivity contribution in [2.45, 2.75) is 52.1 Å². The Hall–Kier alpha value is -2.35. The first-order chi connectivity index (χ1) is 14.5. The number of carbonyl (C=O) groups is 3. The largest absolute Gasteiger partial charge is 0.469 e. The van der Waals surface area contributed by atoms with Crippen molar-refractivity contribution in [1.29, 1.82) is 0 Å². The molecule has 1 aromatic rings. The topological polar surface area (TPSA) is 89.3 Å². The highest BCUT2D eigenvalue weighted by atomic mass is 16.5. The van der Waals surface area contributed by atoms with Crippen LogP contribution in [0.25, 0.3) is 0 Å². The van der Waals surface area contributed by atoms with Crippen LogP contribution in [0.4, 0.5) is 0 Å². The summed E-state index contributed by atoms with van der Waals surface area (Å²) in [5.74, 6) is 0.144. The lowest BCUT2D eigenvalue weighted by molar-refractivity contribution is -0.151. The average molecular weight is 421 g/mol. The van der Waals surface area contributed by atoms with Crippen molar-refractivity contribution >= 4 is 17.8 Å². The number of piperidine rings is 1. The molecule has 0 bridgehead atoms. The van der Waals surface area contributed by atoms with Crippen LogP contribution in [0.5, 0.6) is 0 Å². The van der Waals surface area contributed by atoms with Crippen molar-refractivity contribution in [3.63, 3.8) is 0 Å². The van der Waals surface area contributed by atoms with Crippen molar-refractivity contribution in [2.75, 3.05) is 39.4 Å². The maximum atomic E-state index is 13.0. The van der Waals surface area contributed by atoms with E-state index in [1.165, 1.54) is 6.26 Å². The summed E-state index contributed by atoms with van der Waals surface area (Å²) in [6.07, 6.45) is 4.92. The van der Waals surface area contributed by atoms with Gasteiger partial charge in [0, 0.05) is 39.2 Å². The van der Waals surface area contributed by atoms with Crippen molar-refractivity contribution in [2.24, 2.45) is 5.92 Å². The summed E-state index contributed by atoms with van der Waals surface area (Å²) in [7, 11) is 0. The Labute approximate surface area is 177 Å². The molecule has 0 N–H and O–H groups in total. The van der Waals surface area contributed by atoms with E-state index < -0.39 is 0 Å². The molecule has 0 unspecified atom stereocenters. The van der Waals surface area contributed by atoms with Crippen molar-refractivity contribution in [3.05, 3.63) is 23.7 Å². The number of ether oxygens (including phenoxy) is 2. The van der Waals surface area contributed by atoms with Gasteiger partial charge >= 0.3 is 5.97 Å². The van der Waals surface area contributed by atoms with Crippen LogP contribution < -0.4 is 0 Å². The molecule has 1 atom stereocenters. The van der Waals surface area contributed by atoms with Gasteiger partial charge in [-0.1, -0.05) is 0 Å². The molecule has 0 aromatic carbocycles. The Morgan fingerprint density at radius 1 is 1.23 bits per heavy atom. The second-order valence-electron chi connectivity index (χ2n) is 7.93. The number of likely N-dealkylation sites (tertiary alicyclic amines) is 1. The van der Waals surface area contributed by atoms with Crippen LogP contribution in [0.3, 0.4) is 0 Å². The molecule has 166 valence electrons. The molecule has 3 heterocycles. The molecule has 3 rings (SSSR count). The summed E-state index contributed by atoms with van der Waals surface area (Å²) in [6, 6.07) is 1.67. The Bertz CT molecular complexity index is 732. The predicted octanol–water partition coefficient (Wildman–Crippen LogP) is 2.40. The fourth-order valence-electron chi connectivity index (χ4n) is 4.10. The minimum atomic E-state index is -0.173. The third kappa shape index (κ3) is 5.62. The van der Waals surface area contributed by atoms with Crippen LogP contribution in [0.2, 0.25) is 0 Å². The molecule has 2 aliphatic heterocycles. The maximum Gasteiger partial charge on any atom is 0.309 e. The van der Waals surface area contributed by atoms with Crippen LogP contribution >= 0.6 is 0 Å². The number of esters is 1. The van der Waals surface area contributed by atoms with Gasteiger partial charge in [-0.3, -0.25) is 14.4 Å². The van der Waals surface area contributed by atoms with Crippen LogP contribution in [-0.4, -0.2) is 73.1 Å². The molecule has 8 heteroatoms. The summed E-state index contributed by atoms with van der Waals surface area (Å²) < 4.78 is 16.1. The Morgan fingerprint density at radius 2 is 2.00 bits per heavy atom. The zero-order chi connectivity index (χ0) is 21.5. The molecule has 0 radical (unpaired) electrons. The first kappa shape index (κ1) is 22.3. The lowest BCUT2D eigenvalue weighted by Crippen LogP contribution is -2.43. The van der Waals surface area contributed by atoms with Gasteiger partial charge in [0.2, 0.25) is 5.91 Å². The zero-order valence-corrected chi connectivity index (χ0v) is 17.9. The molecular formula is C22H32N2O6. The second kappa shape index (κ2) is 10.6. The van der Waals surface area contributed by atoms with Crippen LogP contribution in [0, 0.1) is 12.8 Å². The Morgan fingerprint density at radius 3 is 2.60 bits per heavy atom. The van der Waals surface area contributed by atoms with E-state index in [4.69, 9.17) is 13.9 Å². The average Bonchev–Trinajstić information content (AvgIpc) is 3.42. The standard InChI is InChI=1S/C22H32N2O6/c1-3-28-22(27)17-6-10-23(11-7-17)20(25)8-12-24(15-18-5-4-13-30-18)21(26)19-9-14-29-16(19)2/h9,14,17-18H,3-8,10-13,15H2,1-2H3/t18-/m0/s1. The molecule has 1 aromatic heterocycles. The minimum Gasteiger partial charge on any atom is -0.469 e. The maximum absolute atomic E-state index is 13.0. The predicted molar refractivity (Wildman–Crippen MR) is 109 cm³/mol. The molecule has 0 saturated carbocycles. The third-order valence-electron chi connectivity index (χ3n) is 5.89. The van der Waals surface area contributed by atoms with Gasteiger partial charge in [0.15, 0.2) is 0 Å². The highest BCUT2D eigenvalue weighted by Crippen LogP contribution is 2.21. The molecule has 0 spiro atoms. The zero-order valence-electron chi connectivity index (χ0n) is 17.9. The number of hydrogen-bond acceptors (Lipinski definition) is 6. The molecule has 8 nitrogen and oxygen atoms in total. The van der Waals surface area contributed by atoms with E-state index in [1.807, 2.05) is 0 Å². The normalized spacial score (nSPS) is 19.7. The van der Waals surface area contributed by atoms with Crippen LogP contribution in [-0.2, 0) is 19.1 Å². The quantitative estimate of drug-likeness (QED) is 0.600. The number of amides is 2. The van der Waals surface area contributed by atoms with Gasteiger partial charge in [-0.25, -0.2) is 0 Å². The van der Waals surface area contributed by atoms with E-state index in [-0.39, 0.29) is 36.2 Å². The monoisotopic (exact) mass is 420 g/mol. The van der Waals surface area contributed by atoms with Gasteiger partial charge in [-0.15, -0.1) is 0 Å². The summed E-state index contributed by atoms with van der Waals surface area (Å²) >= 11 is 0. The molecular weight excluding hydrogens is 388 g/mol. The highest BCUT2D eigenvalue weighted by Gasteiger charge is 2.30. The second-order valence-corrected chi connectivity index (χ2v) is 7.93. The minimum absolute atomic E-state index is 0.00589. The fourth-order valence-corrected chi connectivity index (χ4v) is 4.10. The number of carbonyl (C=O) groups excluding carboxylic acids is 3. The van der Waals surface area contributed by atoms with E-state index >= 15 is 0 Å². The summed E-state index contributed by atoms with van der Waals surface area (Å²) in [5.41, 5.74) is 0.524. The third-order valence-corrected chi connectivity index (χ3v) is 5.89. The molecule has 2 saturated heterocycles. The van der Waals surface area contributed by atoms with Crippen molar-refractivity contribution in [3.8, 4) is 0 Å². The molecule has 30 heavy (non-hydrogen) atoms. The molecule has 2 aliphatic rings. The number of rotatable bonds is 8. The first-order valence-electron chi connectivity index (χ1n) is 10.9. The molecule has 2 amide bonds. The lowest BCUT2D eigenvalue weighted by atomic mass is 9.97.